The lowest BCUT2D eigenvalue weighted by Gasteiger charge is -2.28. The van der Waals surface area contributed by atoms with E-state index in [1.807, 2.05) is 25.2 Å². The van der Waals surface area contributed by atoms with Gasteiger partial charge in [-0.15, -0.1) is 0 Å². The quantitative estimate of drug-likeness (QED) is 0.402. The second kappa shape index (κ2) is 8.86. The van der Waals surface area contributed by atoms with Crippen LogP contribution in [-0.4, -0.2) is 38.3 Å². The molecule has 0 bridgehead atoms. The molecule has 3 heterocycles. The molecule has 0 spiro atoms. The van der Waals surface area contributed by atoms with E-state index in [4.69, 9.17) is 13.9 Å². The number of carbonyl (C=O) groups excluding carboxylic acids is 1. The fourth-order valence-corrected chi connectivity index (χ4v) is 4.24. The van der Waals surface area contributed by atoms with E-state index in [0.29, 0.717) is 24.4 Å². The van der Waals surface area contributed by atoms with Gasteiger partial charge in [0.25, 0.3) is 0 Å². The molecule has 0 amide bonds. The lowest BCUT2D eigenvalue weighted by atomic mass is 9.92. The van der Waals surface area contributed by atoms with E-state index in [2.05, 4.69) is 39.5 Å². The van der Waals surface area contributed by atoms with Crippen LogP contribution < -0.4 is 15.0 Å². The average Bonchev–Trinajstić information content (AvgIpc) is 3.34. The zero-order valence-corrected chi connectivity index (χ0v) is 18.6. The Bertz CT molecular complexity index is 1300. The summed E-state index contributed by atoms with van der Waals surface area (Å²) in [4.78, 5) is 18.3. The molecular weight excluding hydrogens is 418 g/mol. The molecule has 5 rings (SSSR count). The van der Waals surface area contributed by atoms with Crippen LogP contribution in [0.3, 0.4) is 0 Å². The van der Waals surface area contributed by atoms with Gasteiger partial charge in [-0.25, -0.2) is 4.79 Å². The number of nitrogens with one attached hydrogen (secondary N) is 1. The van der Waals surface area contributed by atoms with Crippen molar-refractivity contribution < 1.29 is 18.7 Å². The number of hydrogen-bond donors (Lipinski definition) is 1. The summed E-state index contributed by atoms with van der Waals surface area (Å²) in [6.45, 7) is 1.31. The first-order valence-corrected chi connectivity index (χ1v) is 10.9. The Labute approximate surface area is 191 Å². The number of hydrogen-bond acceptors (Lipinski definition) is 7. The summed E-state index contributed by atoms with van der Waals surface area (Å²) in [5.41, 5.74) is 5.30. The fourth-order valence-electron chi connectivity index (χ4n) is 4.24. The molecule has 0 radical (unpaired) electrons. The van der Waals surface area contributed by atoms with E-state index >= 15 is 0 Å². The zero-order valence-electron chi connectivity index (χ0n) is 18.6. The second-order valence-corrected chi connectivity index (χ2v) is 8.05. The predicted molar refractivity (Wildman–Crippen MR) is 128 cm³/mol. The van der Waals surface area contributed by atoms with Crippen molar-refractivity contribution in [1.29, 1.82) is 0 Å². The highest BCUT2D eigenvalue weighted by Gasteiger charge is 2.23. The Kier molecular flexibility index (Phi) is 5.60. The number of rotatable bonds is 6. The third kappa shape index (κ3) is 4.09. The van der Waals surface area contributed by atoms with Gasteiger partial charge in [0, 0.05) is 48.5 Å². The molecule has 0 saturated heterocycles. The van der Waals surface area contributed by atoms with Gasteiger partial charge in [0.15, 0.2) is 0 Å². The van der Waals surface area contributed by atoms with Crippen LogP contribution in [-0.2, 0) is 4.74 Å². The minimum absolute atomic E-state index is 0.251. The average molecular weight is 444 g/mol. The largest absolute Gasteiger partial charge is 0.493 e. The highest BCUT2D eigenvalue weighted by atomic mass is 16.5. The van der Waals surface area contributed by atoms with Gasteiger partial charge in [0.2, 0.25) is 0 Å². The SMILES string of the molecule is COC(=O)c1ccncc1NC[C@@H]1CCOc2cc(N(C)c3ccc4occc4c3)ccc21. The van der Waals surface area contributed by atoms with Crippen molar-refractivity contribution in [3.8, 4) is 5.75 Å². The van der Waals surface area contributed by atoms with Crippen LogP contribution >= 0.6 is 0 Å². The molecule has 1 atom stereocenters. The van der Waals surface area contributed by atoms with Gasteiger partial charge in [0.05, 0.1) is 37.4 Å². The van der Waals surface area contributed by atoms with E-state index in [9.17, 15) is 4.79 Å². The molecule has 0 fully saturated rings. The number of furan rings is 1. The van der Waals surface area contributed by atoms with Crippen LogP contribution in [0.2, 0.25) is 0 Å². The first-order chi connectivity index (χ1) is 16.1. The van der Waals surface area contributed by atoms with Crippen molar-refractivity contribution in [1.82, 2.24) is 4.98 Å². The molecule has 4 aromatic rings. The van der Waals surface area contributed by atoms with Crippen LogP contribution in [0.25, 0.3) is 11.0 Å². The molecule has 1 aliphatic rings. The number of carbonyl (C=O) groups is 1. The molecule has 1 N–H and O–H groups in total. The second-order valence-electron chi connectivity index (χ2n) is 8.05. The monoisotopic (exact) mass is 443 g/mol. The van der Waals surface area contributed by atoms with Crippen LogP contribution in [0, 0.1) is 0 Å². The number of pyridine rings is 1. The molecule has 0 unspecified atom stereocenters. The normalized spacial score (nSPS) is 14.9. The van der Waals surface area contributed by atoms with Gasteiger partial charge >= 0.3 is 5.97 Å². The van der Waals surface area contributed by atoms with Crippen molar-refractivity contribution in [2.45, 2.75) is 12.3 Å². The topological polar surface area (TPSA) is 76.8 Å². The Balaban J connectivity index is 1.35. The van der Waals surface area contributed by atoms with Crippen LogP contribution in [0.5, 0.6) is 5.75 Å². The maximum Gasteiger partial charge on any atom is 0.340 e. The smallest absolute Gasteiger partial charge is 0.340 e. The molecule has 0 aliphatic carbocycles. The van der Waals surface area contributed by atoms with Gasteiger partial charge in [0.1, 0.15) is 11.3 Å². The molecule has 33 heavy (non-hydrogen) atoms. The number of esters is 1. The molecular formula is C26H25N3O4. The van der Waals surface area contributed by atoms with E-state index in [1.54, 1.807) is 24.7 Å². The molecule has 7 nitrogen and oxygen atoms in total. The standard InChI is InChI=1S/C26H25N3O4/c1-29(19-4-6-24-17(13-19)8-11-32-24)20-3-5-21-18(9-12-33-25(21)14-20)15-28-23-16-27-10-7-22(23)26(30)31-2/h3-8,10-11,13-14,16,18,28H,9,12,15H2,1-2H3/t18-/m0/s1. The van der Waals surface area contributed by atoms with E-state index < -0.39 is 0 Å². The highest BCUT2D eigenvalue weighted by molar-refractivity contribution is 5.95. The number of benzene rings is 2. The van der Waals surface area contributed by atoms with Crippen LogP contribution in [0.1, 0.15) is 28.3 Å². The Morgan fingerprint density at radius 3 is 2.91 bits per heavy atom. The summed E-state index contributed by atoms with van der Waals surface area (Å²) in [7, 11) is 3.42. The third-order valence-electron chi connectivity index (χ3n) is 6.14. The van der Waals surface area contributed by atoms with Gasteiger partial charge in [-0.1, -0.05) is 6.07 Å². The molecule has 168 valence electrons. The van der Waals surface area contributed by atoms with E-state index in [-0.39, 0.29) is 11.9 Å². The Morgan fingerprint density at radius 1 is 1.18 bits per heavy atom. The summed E-state index contributed by atoms with van der Waals surface area (Å²) in [5, 5.41) is 4.45. The minimum Gasteiger partial charge on any atom is -0.493 e. The summed E-state index contributed by atoms with van der Waals surface area (Å²) in [6.07, 6.45) is 5.83. The number of methoxy groups -OCH3 is 1. The predicted octanol–water partition coefficient (Wildman–Crippen LogP) is 5.36. The van der Waals surface area contributed by atoms with Crippen LogP contribution in [0.4, 0.5) is 17.1 Å². The van der Waals surface area contributed by atoms with E-state index in [1.165, 1.54) is 7.11 Å². The first-order valence-electron chi connectivity index (χ1n) is 10.9. The fraction of sp³-hybridized carbons (Fsp3) is 0.231. The molecule has 1 aliphatic heterocycles. The van der Waals surface area contributed by atoms with Gasteiger partial charge in [-0.2, -0.15) is 0 Å². The number of aromatic nitrogens is 1. The van der Waals surface area contributed by atoms with Gasteiger partial charge in [-0.05, 0) is 48.4 Å². The van der Waals surface area contributed by atoms with Crippen molar-refractivity contribution >= 4 is 34.0 Å². The van der Waals surface area contributed by atoms with Crippen LogP contribution in [0.15, 0.2) is 71.6 Å². The highest BCUT2D eigenvalue weighted by Crippen LogP contribution is 2.38. The van der Waals surface area contributed by atoms with E-state index in [0.717, 1.165) is 40.1 Å². The number of fused-ring (bicyclic) bond motifs is 2. The molecule has 2 aromatic carbocycles. The van der Waals surface area contributed by atoms with Crippen molar-refractivity contribution in [2.24, 2.45) is 0 Å². The summed E-state index contributed by atoms with van der Waals surface area (Å²) >= 11 is 0. The summed E-state index contributed by atoms with van der Waals surface area (Å²) in [5.74, 6) is 0.760. The molecule has 0 saturated carbocycles. The zero-order chi connectivity index (χ0) is 22.8. The van der Waals surface area contributed by atoms with Crippen molar-refractivity contribution in [3.05, 3.63) is 78.3 Å². The maximum atomic E-state index is 12.0. The maximum absolute atomic E-state index is 12.0. The lowest BCUT2D eigenvalue weighted by Crippen LogP contribution is -2.22. The molecule has 2 aromatic heterocycles. The number of ether oxygens (including phenoxy) is 2. The molecule has 7 heteroatoms. The Morgan fingerprint density at radius 2 is 2.03 bits per heavy atom. The summed E-state index contributed by atoms with van der Waals surface area (Å²) in [6, 6.07) is 16.1. The van der Waals surface area contributed by atoms with Crippen molar-refractivity contribution in [2.75, 3.05) is 37.5 Å². The minimum atomic E-state index is -0.381. The van der Waals surface area contributed by atoms with Gasteiger partial charge < -0.3 is 24.1 Å². The van der Waals surface area contributed by atoms with Gasteiger partial charge in [-0.3, -0.25) is 4.98 Å². The third-order valence-corrected chi connectivity index (χ3v) is 6.14. The summed E-state index contributed by atoms with van der Waals surface area (Å²) < 4.78 is 16.3. The Hall–Kier alpha value is -4.00. The van der Waals surface area contributed by atoms with Crippen molar-refractivity contribution in [3.63, 3.8) is 0 Å². The number of nitrogens with zero attached hydrogens (tertiary/aromatic N) is 2. The lowest BCUT2D eigenvalue weighted by molar-refractivity contribution is 0.0601. The number of anilines is 3. The first kappa shape index (κ1) is 20.9.